The number of anilines is 1. The Morgan fingerprint density at radius 3 is 3.10 bits per heavy atom. The Bertz CT molecular complexity index is 669. The first kappa shape index (κ1) is 14.3. The lowest BCUT2D eigenvalue weighted by Crippen LogP contribution is -2.39. The Morgan fingerprint density at radius 2 is 2.43 bits per heavy atom. The van der Waals surface area contributed by atoms with E-state index in [1.165, 1.54) is 17.8 Å². The third kappa shape index (κ3) is 2.61. The smallest absolute Gasteiger partial charge is 0.265 e. The number of rotatable bonds is 3. The second-order valence-corrected chi connectivity index (χ2v) is 6.73. The van der Waals surface area contributed by atoms with Gasteiger partial charge in [-0.15, -0.1) is 11.3 Å². The minimum absolute atomic E-state index is 0.00833. The molecule has 2 aromatic heterocycles. The fraction of sp³-hybridized carbons (Fsp3) is 0.467. The zero-order chi connectivity index (χ0) is 15.0. The summed E-state index contributed by atoms with van der Waals surface area (Å²) in [6, 6.07) is 2.32. The van der Waals surface area contributed by atoms with Crippen molar-refractivity contribution in [3.63, 3.8) is 0 Å². The second-order valence-electron chi connectivity index (χ2n) is 5.68. The van der Waals surface area contributed by atoms with Gasteiger partial charge in [0, 0.05) is 37.4 Å². The molecular weight excluding hydrogens is 284 g/mol. The van der Waals surface area contributed by atoms with Gasteiger partial charge in [-0.25, -0.2) is 0 Å². The molecule has 1 unspecified atom stereocenters. The number of hydrogen-bond acceptors (Lipinski definition) is 5. The van der Waals surface area contributed by atoms with Crippen LogP contribution in [0.3, 0.4) is 0 Å². The van der Waals surface area contributed by atoms with E-state index in [1.54, 1.807) is 17.3 Å². The van der Waals surface area contributed by atoms with E-state index in [-0.39, 0.29) is 5.91 Å². The van der Waals surface area contributed by atoms with Gasteiger partial charge in [0.1, 0.15) is 4.88 Å². The second kappa shape index (κ2) is 5.61. The summed E-state index contributed by atoms with van der Waals surface area (Å²) in [5.41, 5.74) is 6.72. The summed E-state index contributed by atoms with van der Waals surface area (Å²) in [7, 11) is 3.98. The van der Waals surface area contributed by atoms with Crippen molar-refractivity contribution in [2.24, 2.45) is 0 Å². The Balaban J connectivity index is 1.81. The minimum atomic E-state index is 0.00833. The highest BCUT2D eigenvalue weighted by Crippen LogP contribution is 2.33. The summed E-state index contributed by atoms with van der Waals surface area (Å²) in [6.45, 7) is 1.87. The van der Waals surface area contributed by atoms with E-state index in [1.807, 2.05) is 13.1 Å². The lowest BCUT2D eigenvalue weighted by atomic mass is 10.2. The van der Waals surface area contributed by atoms with Crippen LogP contribution in [0.1, 0.15) is 22.5 Å². The summed E-state index contributed by atoms with van der Waals surface area (Å²) < 4.78 is 0.963. The number of nitrogens with zero attached hydrogens (tertiary/aromatic N) is 3. The zero-order valence-corrected chi connectivity index (χ0v) is 13.2. The first-order valence-electron chi connectivity index (χ1n) is 7.15. The maximum atomic E-state index is 12.6. The number of fused-ring (bicyclic) bond motifs is 1. The first-order chi connectivity index (χ1) is 10.1. The van der Waals surface area contributed by atoms with Crippen LogP contribution < -0.4 is 5.73 Å². The van der Waals surface area contributed by atoms with Crippen molar-refractivity contribution in [1.82, 2.24) is 14.8 Å². The van der Waals surface area contributed by atoms with Crippen molar-refractivity contribution >= 4 is 33.0 Å². The Labute approximate surface area is 128 Å². The molecule has 21 heavy (non-hydrogen) atoms. The summed E-state index contributed by atoms with van der Waals surface area (Å²) in [5, 5.41) is 0.921. The third-order valence-corrected chi connectivity index (χ3v) is 5.37. The van der Waals surface area contributed by atoms with Crippen LogP contribution in [0.25, 0.3) is 10.1 Å². The molecule has 0 radical (unpaired) electrons. The third-order valence-electron chi connectivity index (χ3n) is 4.23. The number of pyridine rings is 1. The Kier molecular flexibility index (Phi) is 3.82. The van der Waals surface area contributed by atoms with Crippen LogP contribution >= 0.6 is 11.3 Å². The molecule has 112 valence electrons. The van der Waals surface area contributed by atoms with E-state index in [2.05, 4.69) is 16.9 Å². The fourth-order valence-corrected chi connectivity index (χ4v) is 4.00. The number of nitrogens with two attached hydrogens (primary N) is 1. The van der Waals surface area contributed by atoms with Gasteiger partial charge in [0.05, 0.1) is 10.4 Å². The van der Waals surface area contributed by atoms with Crippen molar-refractivity contribution in [3.05, 3.63) is 23.3 Å². The summed E-state index contributed by atoms with van der Waals surface area (Å²) in [6.07, 6.45) is 5.83. The zero-order valence-electron chi connectivity index (χ0n) is 12.4. The molecule has 3 rings (SSSR count). The molecule has 5 nitrogen and oxygen atoms in total. The van der Waals surface area contributed by atoms with E-state index in [4.69, 9.17) is 5.73 Å². The molecule has 1 saturated heterocycles. The molecule has 1 fully saturated rings. The molecule has 0 saturated carbocycles. The molecule has 0 aromatic carbocycles. The van der Waals surface area contributed by atoms with Gasteiger partial charge < -0.3 is 15.5 Å². The van der Waals surface area contributed by atoms with Gasteiger partial charge in [-0.05, 0) is 32.5 Å². The van der Waals surface area contributed by atoms with E-state index in [0.29, 0.717) is 16.6 Å². The van der Waals surface area contributed by atoms with E-state index < -0.39 is 0 Å². The molecule has 1 aliphatic heterocycles. The average molecular weight is 304 g/mol. The Hall–Kier alpha value is -1.66. The van der Waals surface area contributed by atoms with E-state index >= 15 is 0 Å². The molecule has 0 aliphatic carbocycles. The van der Waals surface area contributed by atoms with Gasteiger partial charge in [-0.1, -0.05) is 0 Å². The molecule has 6 heteroatoms. The standard InChI is InChI=1S/C15H20N4OS/c1-18-7-3-4-10(18)9-19(2)15(20)14-13(16)11-5-6-17-8-12(11)21-14/h5-6,8,10H,3-4,7,9,16H2,1-2H3. The van der Waals surface area contributed by atoms with Crippen molar-refractivity contribution in [1.29, 1.82) is 0 Å². The molecule has 0 bridgehead atoms. The number of likely N-dealkylation sites (tertiary alicyclic amines) is 1. The number of carbonyl (C=O) groups is 1. The SMILES string of the molecule is CN(CC1CCCN1C)C(=O)c1sc2cnccc2c1N. The van der Waals surface area contributed by atoms with Crippen molar-refractivity contribution in [3.8, 4) is 0 Å². The van der Waals surface area contributed by atoms with Gasteiger partial charge in [0.15, 0.2) is 0 Å². The van der Waals surface area contributed by atoms with E-state index in [9.17, 15) is 4.79 Å². The molecule has 3 heterocycles. The highest BCUT2D eigenvalue weighted by molar-refractivity contribution is 7.21. The van der Waals surface area contributed by atoms with Crippen molar-refractivity contribution in [2.45, 2.75) is 18.9 Å². The van der Waals surface area contributed by atoms with Crippen LogP contribution in [0.2, 0.25) is 0 Å². The molecule has 2 aromatic rings. The molecule has 2 N–H and O–H groups in total. The average Bonchev–Trinajstić information content (AvgIpc) is 3.03. The number of thiophene rings is 1. The lowest BCUT2D eigenvalue weighted by molar-refractivity contribution is 0.0767. The van der Waals surface area contributed by atoms with Gasteiger partial charge in [-0.2, -0.15) is 0 Å². The highest BCUT2D eigenvalue weighted by atomic mass is 32.1. The molecule has 1 atom stereocenters. The summed E-state index contributed by atoms with van der Waals surface area (Å²) in [4.78, 5) is 21.5. The van der Waals surface area contributed by atoms with Crippen LogP contribution in [0.4, 0.5) is 5.69 Å². The number of likely N-dealkylation sites (N-methyl/N-ethyl adjacent to an activating group) is 2. The minimum Gasteiger partial charge on any atom is -0.397 e. The number of nitrogen functional groups attached to an aromatic ring is 1. The van der Waals surface area contributed by atoms with E-state index in [0.717, 1.165) is 29.6 Å². The topological polar surface area (TPSA) is 62.5 Å². The number of hydrogen-bond donors (Lipinski definition) is 1. The maximum Gasteiger partial charge on any atom is 0.265 e. The maximum absolute atomic E-state index is 12.6. The van der Waals surface area contributed by atoms with Gasteiger partial charge >= 0.3 is 0 Å². The number of amides is 1. The van der Waals surface area contributed by atoms with Gasteiger partial charge in [0.25, 0.3) is 5.91 Å². The van der Waals surface area contributed by atoms with Crippen LogP contribution in [0.5, 0.6) is 0 Å². The van der Waals surface area contributed by atoms with Gasteiger partial charge in [-0.3, -0.25) is 9.78 Å². The van der Waals surface area contributed by atoms with Crippen LogP contribution in [-0.2, 0) is 0 Å². The molecule has 0 spiro atoms. The monoisotopic (exact) mass is 304 g/mol. The van der Waals surface area contributed by atoms with Crippen LogP contribution in [-0.4, -0.2) is 53.9 Å². The van der Waals surface area contributed by atoms with Crippen molar-refractivity contribution < 1.29 is 4.79 Å². The molecular formula is C15H20N4OS. The van der Waals surface area contributed by atoms with Gasteiger partial charge in [0.2, 0.25) is 0 Å². The largest absolute Gasteiger partial charge is 0.397 e. The molecule has 1 aliphatic rings. The normalized spacial score (nSPS) is 19.2. The first-order valence-corrected chi connectivity index (χ1v) is 7.97. The van der Waals surface area contributed by atoms with Crippen LogP contribution in [0, 0.1) is 0 Å². The number of carbonyl (C=O) groups excluding carboxylic acids is 1. The number of aromatic nitrogens is 1. The Morgan fingerprint density at radius 1 is 1.62 bits per heavy atom. The predicted octanol–water partition coefficient (Wildman–Crippen LogP) is 2.04. The molecule has 1 amide bonds. The predicted molar refractivity (Wildman–Crippen MR) is 86.6 cm³/mol. The van der Waals surface area contributed by atoms with Crippen molar-refractivity contribution in [2.75, 3.05) is 32.9 Å². The summed E-state index contributed by atoms with van der Waals surface area (Å²) >= 11 is 1.43. The quantitative estimate of drug-likeness (QED) is 0.942. The van der Waals surface area contributed by atoms with Crippen LogP contribution in [0.15, 0.2) is 18.5 Å². The lowest BCUT2D eigenvalue weighted by Gasteiger charge is -2.25. The summed E-state index contributed by atoms with van der Waals surface area (Å²) in [5.74, 6) is 0.00833. The fourth-order valence-electron chi connectivity index (χ4n) is 2.91. The highest BCUT2D eigenvalue weighted by Gasteiger charge is 2.26.